The number of nitrogens with one attached hydrogen (secondary N) is 1. The summed E-state index contributed by atoms with van der Waals surface area (Å²) in [5.74, 6) is 0.809. The smallest absolute Gasteiger partial charge is 0.0393 e. The van der Waals surface area contributed by atoms with E-state index < -0.39 is 0 Å². The molecular weight excluding hydrogens is 232 g/mol. The first-order valence-electron chi connectivity index (χ1n) is 7.90. The Morgan fingerprint density at radius 3 is 2.68 bits per heavy atom. The Balaban J connectivity index is 2.14. The zero-order valence-electron chi connectivity index (χ0n) is 12.7. The van der Waals surface area contributed by atoms with Gasteiger partial charge in [0, 0.05) is 31.0 Å². The molecule has 0 saturated heterocycles. The second kappa shape index (κ2) is 6.83. The second-order valence-corrected chi connectivity index (χ2v) is 5.59. The Labute approximate surface area is 118 Å². The van der Waals surface area contributed by atoms with Crippen molar-refractivity contribution >= 4 is 11.4 Å². The summed E-state index contributed by atoms with van der Waals surface area (Å²) in [6, 6.07) is 6.96. The average molecular weight is 260 g/mol. The summed E-state index contributed by atoms with van der Waals surface area (Å²) in [6.45, 7) is 10.3. The van der Waals surface area contributed by atoms with E-state index in [1.807, 2.05) is 0 Å². The molecule has 0 aromatic heterocycles. The maximum absolute atomic E-state index is 3.54. The highest BCUT2D eigenvalue weighted by atomic mass is 15.1. The normalized spacial score (nSPS) is 14.1. The van der Waals surface area contributed by atoms with Crippen LogP contribution in [-0.4, -0.2) is 19.6 Å². The Morgan fingerprint density at radius 2 is 2.00 bits per heavy atom. The Kier molecular flexibility index (Phi) is 5.12. The van der Waals surface area contributed by atoms with E-state index in [0.717, 1.165) is 19.0 Å². The third-order valence-electron chi connectivity index (χ3n) is 4.41. The van der Waals surface area contributed by atoms with Gasteiger partial charge < -0.3 is 10.2 Å². The fraction of sp³-hybridized carbons (Fsp3) is 0.647. The highest BCUT2D eigenvalue weighted by Gasteiger charge is 2.14. The largest absolute Gasteiger partial charge is 0.385 e. The van der Waals surface area contributed by atoms with Gasteiger partial charge in [0.2, 0.25) is 0 Å². The van der Waals surface area contributed by atoms with E-state index in [2.05, 4.69) is 49.2 Å². The average Bonchev–Trinajstić information content (AvgIpc) is 2.48. The Morgan fingerprint density at radius 1 is 1.21 bits per heavy atom. The minimum absolute atomic E-state index is 0.809. The van der Waals surface area contributed by atoms with Crippen molar-refractivity contribution < 1.29 is 0 Å². The van der Waals surface area contributed by atoms with E-state index in [-0.39, 0.29) is 0 Å². The van der Waals surface area contributed by atoms with Crippen LogP contribution in [0.25, 0.3) is 0 Å². The number of aryl methyl sites for hydroxylation is 1. The highest BCUT2D eigenvalue weighted by molar-refractivity contribution is 5.63. The maximum Gasteiger partial charge on any atom is 0.0393 e. The molecule has 0 amide bonds. The first-order chi connectivity index (χ1) is 9.28. The zero-order chi connectivity index (χ0) is 13.7. The molecule has 0 saturated carbocycles. The standard InChI is InChI=1S/C17H28N2/c1-4-14(5-2)13-19(6-3)16-10-9-15-8-7-11-18-17(15)12-16/h9-10,12,14,18H,4-8,11,13H2,1-3H3. The SMILES string of the molecule is CCC(CC)CN(CC)c1ccc2c(c1)NCCC2. The van der Waals surface area contributed by atoms with Crippen molar-refractivity contribution in [3.05, 3.63) is 23.8 Å². The van der Waals surface area contributed by atoms with Crippen molar-refractivity contribution in [2.45, 2.75) is 46.5 Å². The summed E-state index contributed by atoms with van der Waals surface area (Å²) >= 11 is 0. The van der Waals surface area contributed by atoms with Gasteiger partial charge in [0.15, 0.2) is 0 Å². The molecule has 1 heterocycles. The summed E-state index contributed by atoms with van der Waals surface area (Å²) in [4.78, 5) is 2.52. The summed E-state index contributed by atoms with van der Waals surface area (Å²) in [5, 5.41) is 3.54. The topological polar surface area (TPSA) is 15.3 Å². The van der Waals surface area contributed by atoms with E-state index in [0.29, 0.717) is 0 Å². The summed E-state index contributed by atoms with van der Waals surface area (Å²) < 4.78 is 0. The minimum atomic E-state index is 0.809. The molecule has 2 rings (SSSR count). The molecule has 0 atom stereocenters. The van der Waals surface area contributed by atoms with Gasteiger partial charge in [0.05, 0.1) is 0 Å². The van der Waals surface area contributed by atoms with Gasteiger partial charge in [-0.15, -0.1) is 0 Å². The van der Waals surface area contributed by atoms with Gasteiger partial charge in [0.1, 0.15) is 0 Å². The molecule has 1 aliphatic heterocycles. The fourth-order valence-corrected chi connectivity index (χ4v) is 2.92. The van der Waals surface area contributed by atoms with E-state index in [9.17, 15) is 0 Å². The van der Waals surface area contributed by atoms with Crippen molar-refractivity contribution in [2.24, 2.45) is 5.92 Å². The van der Waals surface area contributed by atoms with Gasteiger partial charge in [-0.3, -0.25) is 0 Å². The van der Waals surface area contributed by atoms with Crippen LogP contribution in [0.2, 0.25) is 0 Å². The van der Waals surface area contributed by atoms with Crippen molar-refractivity contribution in [3.8, 4) is 0 Å². The van der Waals surface area contributed by atoms with E-state index >= 15 is 0 Å². The van der Waals surface area contributed by atoms with Crippen LogP contribution in [0.1, 0.15) is 45.6 Å². The van der Waals surface area contributed by atoms with Crippen LogP contribution in [0, 0.1) is 5.92 Å². The fourth-order valence-electron chi connectivity index (χ4n) is 2.92. The molecule has 1 aromatic carbocycles. The lowest BCUT2D eigenvalue weighted by molar-refractivity contribution is 0.486. The summed E-state index contributed by atoms with van der Waals surface area (Å²) in [6.07, 6.45) is 5.03. The third-order valence-corrected chi connectivity index (χ3v) is 4.41. The maximum atomic E-state index is 3.54. The Hall–Kier alpha value is -1.18. The van der Waals surface area contributed by atoms with Gasteiger partial charge in [0.25, 0.3) is 0 Å². The number of hydrogen-bond donors (Lipinski definition) is 1. The Bertz CT molecular complexity index is 396. The van der Waals surface area contributed by atoms with Crippen LogP contribution in [-0.2, 0) is 6.42 Å². The quantitative estimate of drug-likeness (QED) is 0.820. The van der Waals surface area contributed by atoms with Crippen molar-refractivity contribution in [1.29, 1.82) is 0 Å². The monoisotopic (exact) mass is 260 g/mol. The van der Waals surface area contributed by atoms with Crippen LogP contribution in [0.5, 0.6) is 0 Å². The van der Waals surface area contributed by atoms with Crippen LogP contribution in [0.3, 0.4) is 0 Å². The number of hydrogen-bond acceptors (Lipinski definition) is 2. The molecule has 1 aliphatic rings. The van der Waals surface area contributed by atoms with E-state index in [1.165, 1.54) is 49.2 Å². The van der Waals surface area contributed by atoms with Gasteiger partial charge in [-0.2, -0.15) is 0 Å². The molecule has 0 bridgehead atoms. The molecule has 0 aliphatic carbocycles. The molecule has 106 valence electrons. The van der Waals surface area contributed by atoms with Gasteiger partial charge >= 0.3 is 0 Å². The molecule has 2 heteroatoms. The molecule has 0 unspecified atom stereocenters. The lowest BCUT2D eigenvalue weighted by Gasteiger charge is -2.29. The molecule has 1 aromatic rings. The highest BCUT2D eigenvalue weighted by Crippen LogP contribution is 2.28. The van der Waals surface area contributed by atoms with Crippen molar-refractivity contribution in [1.82, 2.24) is 0 Å². The summed E-state index contributed by atoms with van der Waals surface area (Å²) in [7, 11) is 0. The van der Waals surface area contributed by atoms with Crippen molar-refractivity contribution in [2.75, 3.05) is 29.9 Å². The molecule has 1 N–H and O–H groups in total. The van der Waals surface area contributed by atoms with Crippen LogP contribution < -0.4 is 10.2 Å². The molecular formula is C17H28N2. The molecule has 2 nitrogen and oxygen atoms in total. The first kappa shape index (κ1) is 14.2. The predicted octanol–water partition coefficient (Wildman–Crippen LogP) is 4.31. The van der Waals surface area contributed by atoms with Crippen LogP contribution in [0.4, 0.5) is 11.4 Å². The molecule has 0 radical (unpaired) electrons. The lowest BCUT2D eigenvalue weighted by atomic mass is 10.0. The van der Waals surface area contributed by atoms with Gasteiger partial charge in [-0.05, 0) is 43.4 Å². The molecule has 0 fully saturated rings. The van der Waals surface area contributed by atoms with E-state index in [4.69, 9.17) is 0 Å². The molecule has 19 heavy (non-hydrogen) atoms. The first-order valence-corrected chi connectivity index (χ1v) is 7.90. The second-order valence-electron chi connectivity index (χ2n) is 5.59. The van der Waals surface area contributed by atoms with E-state index in [1.54, 1.807) is 0 Å². The van der Waals surface area contributed by atoms with Crippen LogP contribution >= 0.6 is 0 Å². The van der Waals surface area contributed by atoms with Gasteiger partial charge in [-0.25, -0.2) is 0 Å². The summed E-state index contributed by atoms with van der Waals surface area (Å²) in [5.41, 5.74) is 4.21. The zero-order valence-corrected chi connectivity index (χ0v) is 12.7. The van der Waals surface area contributed by atoms with Crippen molar-refractivity contribution in [3.63, 3.8) is 0 Å². The minimum Gasteiger partial charge on any atom is -0.385 e. The number of fused-ring (bicyclic) bond motifs is 1. The van der Waals surface area contributed by atoms with Crippen LogP contribution in [0.15, 0.2) is 18.2 Å². The predicted molar refractivity (Wildman–Crippen MR) is 85.2 cm³/mol. The number of nitrogens with zero attached hydrogens (tertiary/aromatic N) is 1. The number of benzene rings is 1. The third kappa shape index (κ3) is 3.43. The number of rotatable bonds is 6. The number of anilines is 2. The molecule has 0 spiro atoms. The lowest BCUT2D eigenvalue weighted by Crippen LogP contribution is -2.29. The van der Waals surface area contributed by atoms with Gasteiger partial charge in [-0.1, -0.05) is 32.8 Å².